The minimum atomic E-state index is -0.231. The van der Waals surface area contributed by atoms with E-state index < -0.39 is 0 Å². The zero-order valence-electron chi connectivity index (χ0n) is 41.7. The molecule has 3 heterocycles. The number of hydrogen-bond acceptors (Lipinski definition) is 4. The molecule has 9 aromatic rings. The molecule has 5 nitrogen and oxygen atoms in total. The number of fused-ring (bicyclic) bond motifs is 4. The van der Waals surface area contributed by atoms with E-state index in [1.165, 1.54) is 38.9 Å². The maximum absolute atomic E-state index is 6.77. The van der Waals surface area contributed by atoms with Gasteiger partial charge in [-0.15, -0.1) is 48.1 Å². The molecule has 0 bridgehead atoms. The van der Waals surface area contributed by atoms with E-state index in [2.05, 4.69) is 255 Å². The summed E-state index contributed by atoms with van der Waals surface area (Å²) in [4.78, 5) is 9.60. The Morgan fingerprint density at radius 2 is 1.13 bits per heavy atom. The van der Waals surface area contributed by atoms with Gasteiger partial charge in [0.1, 0.15) is 5.82 Å². The molecule has 0 saturated heterocycles. The first-order valence-corrected chi connectivity index (χ1v) is 23.9. The van der Waals surface area contributed by atoms with E-state index >= 15 is 0 Å². The van der Waals surface area contributed by atoms with Crippen LogP contribution < -0.4 is 14.5 Å². The molecule has 0 radical (unpaired) electrons. The topological polar surface area (TPSA) is 33.5 Å². The van der Waals surface area contributed by atoms with Gasteiger partial charge in [0.15, 0.2) is 0 Å². The Bertz CT molecular complexity index is 3330. The van der Waals surface area contributed by atoms with E-state index in [-0.39, 0.29) is 42.7 Å². The molecule has 0 unspecified atom stereocenters. The van der Waals surface area contributed by atoms with Gasteiger partial charge < -0.3 is 19.1 Å². The van der Waals surface area contributed by atoms with E-state index in [4.69, 9.17) is 9.72 Å². The van der Waals surface area contributed by atoms with Crippen LogP contribution in [0.5, 0.6) is 11.5 Å². The number of aromatic nitrogens is 2. The fourth-order valence-electron chi connectivity index (χ4n) is 9.70. The van der Waals surface area contributed by atoms with Gasteiger partial charge in [-0.05, 0) is 103 Å². The van der Waals surface area contributed by atoms with Crippen molar-refractivity contribution in [2.24, 2.45) is 0 Å². The Morgan fingerprint density at radius 3 is 1.81 bits per heavy atom. The Labute approximate surface area is 424 Å². The van der Waals surface area contributed by atoms with E-state index in [9.17, 15) is 0 Å². The molecular weight excluding hydrogens is 1020 g/mol. The van der Waals surface area contributed by atoms with Gasteiger partial charge >= 0.3 is 0 Å². The summed E-state index contributed by atoms with van der Waals surface area (Å²) in [5.41, 5.74) is 14.5. The first kappa shape index (κ1) is 47.6. The zero-order valence-corrected chi connectivity index (χ0v) is 44.0. The van der Waals surface area contributed by atoms with Crippen molar-refractivity contribution in [1.29, 1.82) is 0 Å². The Morgan fingerprint density at radius 1 is 0.493 bits per heavy atom. The van der Waals surface area contributed by atoms with E-state index in [0.717, 1.165) is 50.4 Å². The van der Waals surface area contributed by atoms with Gasteiger partial charge in [-0.2, -0.15) is 12.1 Å². The molecule has 2 aromatic heterocycles. The molecule has 0 amide bonds. The van der Waals surface area contributed by atoms with Gasteiger partial charge in [-0.25, -0.2) is 4.98 Å². The molecule has 0 atom stereocenters. The monoisotopic (exact) mass is 1080 g/mol. The van der Waals surface area contributed by atoms with Gasteiger partial charge in [0, 0.05) is 66.8 Å². The average molecular weight is 1090 g/mol. The Kier molecular flexibility index (Phi) is 12.3. The SMILES string of the molecule is CC(C)(C)c1cc(-c2ccccc2)cc(N2[CH-]N(c3[c-]c(Oc4[c-]c5c(cc4)c4ccccc4n5-c4cc(C(C)(C)c5ccccc5)ccn4)ccc3)c3cc(C(C)(C)C)c(C(C)(C)C)cc32)c1.[Pt]. The summed E-state index contributed by atoms with van der Waals surface area (Å²) in [5.74, 6) is 2.03. The molecule has 0 spiro atoms. The summed E-state index contributed by atoms with van der Waals surface area (Å²) in [7, 11) is 0. The number of para-hydroxylation sites is 1. The fourth-order valence-corrected chi connectivity index (χ4v) is 9.70. The third-order valence-corrected chi connectivity index (χ3v) is 13.6. The molecule has 1 aliphatic heterocycles. The molecule has 0 N–H and O–H groups in total. The van der Waals surface area contributed by atoms with Crippen molar-refractivity contribution in [2.75, 3.05) is 9.80 Å². The molecular formula is C63H61N4OPt-3. The predicted molar refractivity (Wildman–Crippen MR) is 284 cm³/mol. The van der Waals surface area contributed by atoms with E-state index in [0.29, 0.717) is 11.5 Å². The molecule has 0 fully saturated rings. The predicted octanol–water partition coefficient (Wildman–Crippen LogP) is 16.9. The molecule has 6 heteroatoms. The van der Waals surface area contributed by atoms with Crippen LogP contribution in [0.4, 0.5) is 22.7 Å². The van der Waals surface area contributed by atoms with Crippen molar-refractivity contribution >= 4 is 44.6 Å². The number of benzene rings is 7. The third kappa shape index (κ3) is 9.03. The fraction of sp³-hybridized carbons (Fsp3) is 0.238. The van der Waals surface area contributed by atoms with Crippen molar-refractivity contribution < 1.29 is 25.8 Å². The van der Waals surface area contributed by atoms with Crippen molar-refractivity contribution in [3.05, 3.63) is 211 Å². The summed E-state index contributed by atoms with van der Waals surface area (Å²) in [5, 5.41) is 2.22. The third-order valence-electron chi connectivity index (χ3n) is 13.6. The van der Waals surface area contributed by atoms with E-state index in [1.54, 1.807) is 0 Å². The number of anilines is 4. The average Bonchev–Trinajstić information content (AvgIpc) is 3.86. The van der Waals surface area contributed by atoms with Crippen LogP contribution in [0.15, 0.2) is 164 Å². The Hall–Kier alpha value is -6.42. The summed E-state index contributed by atoms with van der Waals surface area (Å²) in [6.07, 6.45) is 1.92. The van der Waals surface area contributed by atoms with Gasteiger partial charge in [-0.3, -0.25) is 0 Å². The quantitative estimate of drug-likeness (QED) is 0.142. The summed E-state index contributed by atoms with van der Waals surface area (Å²) in [6.45, 7) is 27.5. The first-order valence-electron chi connectivity index (χ1n) is 23.9. The van der Waals surface area contributed by atoms with Crippen molar-refractivity contribution in [3.8, 4) is 28.4 Å². The minimum Gasteiger partial charge on any atom is -0.509 e. The molecule has 7 aromatic carbocycles. The second-order valence-electron chi connectivity index (χ2n) is 22.0. The molecule has 0 aliphatic carbocycles. The van der Waals surface area contributed by atoms with Crippen molar-refractivity contribution in [2.45, 2.75) is 97.8 Å². The molecule has 1 aliphatic rings. The Balaban J connectivity index is 0.00000593. The number of rotatable bonds is 8. The van der Waals surface area contributed by atoms with Crippen LogP contribution in [0.25, 0.3) is 38.8 Å². The summed E-state index contributed by atoms with van der Waals surface area (Å²) in [6, 6.07) is 63.7. The van der Waals surface area contributed by atoms with E-state index in [1.807, 2.05) is 18.3 Å². The van der Waals surface area contributed by atoms with Gasteiger partial charge in [0.25, 0.3) is 0 Å². The summed E-state index contributed by atoms with van der Waals surface area (Å²) >= 11 is 0. The van der Waals surface area contributed by atoms with Crippen LogP contribution in [0.3, 0.4) is 0 Å². The maximum Gasteiger partial charge on any atom is 0.135 e. The standard InChI is InChI=1S/C63H61N4O.Pt/c1-60(2,3)46-33-43(42-21-14-12-15-22-42)34-48(35-46)66-41-65(57-39-53(61(4,5)6)54(40-58(57)66)62(7,8)9)47-25-20-26-49(37-47)68-50-29-30-52-51-27-18-19-28-55(51)67(56(52)38-50)59-36-45(31-32-64-59)63(10,11)44-23-16-13-17-24-44;/h12-36,39-41H,1-11H3;/q-3;. The van der Waals surface area contributed by atoms with Crippen molar-refractivity contribution in [1.82, 2.24) is 9.55 Å². The zero-order chi connectivity index (χ0) is 47.8. The van der Waals surface area contributed by atoms with Crippen LogP contribution in [-0.2, 0) is 42.7 Å². The second kappa shape index (κ2) is 17.8. The van der Waals surface area contributed by atoms with Gasteiger partial charge in [0.2, 0.25) is 0 Å². The van der Waals surface area contributed by atoms with Crippen LogP contribution in [0.2, 0.25) is 0 Å². The van der Waals surface area contributed by atoms with Crippen LogP contribution in [-0.4, -0.2) is 9.55 Å². The van der Waals surface area contributed by atoms with Crippen LogP contribution in [0.1, 0.15) is 104 Å². The minimum absolute atomic E-state index is 0. The number of hydrogen-bond donors (Lipinski definition) is 0. The normalized spacial score (nSPS) is 13.2. The van der Waals surface area contributed by atoms with Crippen molar-refractivity contribution in [3.63, 3.8) is 0 Å². The first-order chi connectivity index (χ1) is 32.3. The molecule has 0 saturated carbocycles. The van der Waals surface area contributed by atoms with Gasteiger partial charge in [0.05, 0.1) is 0 Å². The number of ether oxygens (including phenoxy) is 1. The number of pyridine rings is 1. The molecule has 10 rings (SSSR count). The maximum atomic E-state index is 6.77. The van der Waals surface area contributed by atoms with Gasteiger partial charge in [-0.1, -0.05) is 167 Å². The van der Waals surface area contributed by atoms with Crippen LogP contribution in [0, 0.1) is 18.8 Å². The molecule has 352 valence electrons. The number of nitrogens with zero attached hydrogens (tertiary/aromatic N) is 4. The smallest absolute Gasteiger partial charge is 0.135 e. The van der Waals surface area contributed by atoms with Crippen LogP contribution >= 0.6 is 0 Å². The molecule has 69 heavy (non-hydrogen) atoms. The second-order valence-corrected chi connectivity index (χ2v) is 22.0. The summed E-state index contributed by atoms with van der Waals surface area (Å²) < 4.78 is 8.98. The largest absolute Gasteiger partial charge is 0.509 e.